The van der Waals surface area contributed by atoms with Crippen molar-refractivity contribution in [2.24, 2.45) is 5.73 Å². The zero-order valence-electron chi connectivity index (χ0n) is 11.3. The van der Waals surface area contributed by atoms with Crippen LogP contribution in [0.3, 0.4) is 0 Å². The second-order valence-corrected chi connectivity index (χ2v) is 5.64. The molecule has 0 unspecified atom stereocenters. The van der Waals surface area contributed by atoms with Crippen LogP contribution in [0.5, 0.6) is 0 Å². The quantitative estimate of drug-likeness (QED) is 0.653. The Bertz CT molecular complexity index is 612. The molecular formula is C15H17BrN4. The predicted octanol–water partition coefficient (Wildman–Crippen LogP) is 2.76. The van der Waals surface area contributed by atoms with Crippen LogP contribution in [0, 0.1) is 5.41 Å². The van der Waals surface area contributed by atoms with Crippen LogP contribution >= 0.6 is 15.9 Å². The molecule has 0 saturated carbocycles. The molecule has 1 aromatic heterocycles. The number of nitrogen functional groups attached to an aromatic ring is 1. The van der Waals surface area contributed by atoms with E-state index < -0.39 is 0 Å². The summed E-state index contributed by atoms with van der Waals surface area (Å²) in [5, 5.41) is 7.56. The van der Waals surface area contributed by atoms with E-state index in [0.29, 0.717) is 12.2 Å². The number of benzene rings is 1. The van der Waals surface area contributed by atoms with Crippen LogP contribution in [0.2, 0.25) is 0 Å². The molecule has 0 amide bonds. The molecule has 5 heteroatoms. The van der Waals surface area contributed by atoms with E-state index in [1.165, 1.54) is 5.56 Å². The third-order valence-electron chi connectivity index (χ3n) is 2.93. The van der Waals surface area contributed by atoms with Gasteiger partial charge >= 0.3 is 0 Å². The molecule has 0 fully saturated rings. The van der Waals surface area contributed by atoms with Gasteiger partial charge in [-0.3, -0.25) is 15.3 Å². The maximum Gasteiger partial charge on any atom is 0.142 e. The Morgan fingerprint density at radius 2 is 2.10 bits per heavy atom. The minimum absolute atomic E-state index is 0.0106. The second-order valence-electron chi connectivity index (χ2n) is 4.73. The number of nitrogens with zero attached hydrogens (tertiary/aromatic N) is 2. The van der Waals surface area contributed by atoms with Crippen molar-refractivity contribution in [1.82, 2.24) is 9.88 Å². The van der Waals surface area contributed by atoms with Crippen LogP contribution in [0.1, 0.15) is 16.8 Å². The normalized spacial score (nSPS) is 10.8. The van der Waals surface area contributed by atoms with Gasteiger partial charge in [0.2, 0.25) is 0 Å². The fraction of sp³-hybridized carbons (Fsp3) is 0.200. The van der Waals surface area contributed by atoms with Crippen LogP contribution in [0.4, 0.5) is 0 Å². The van der Waals surface area contributed by atoms with Gasteiger partial charge in [0.1, 0.15) is 11.5 Å². The van der Waals surface area contributed by atoms with Crippen LogP contribution in [0.25, 0.3) is 0 Å². The van der Waals surface area contributed by atoms with Crippen LogP contribution in [-0.2, 0) is 13.1 Å². The van der Waals surface area contributed by atoms with Crippen LogP contribution in [-0.4, -0.2) is 22.8 Å². The van der Waals surface area contributed by atoms with Crippen molar-refractivity contribution in [1.29, 1.82) is 5.41 Å². The topological polar surface area (TPSA) is 66.0 Å². The number of nitrogens with one attached hydrogen (secondary N) is 1. The number of hydrogen-bond donors (Lipinski definition) is 2. The molecule has 20 heavy (non-hydrogen) atoms. The Morgan fingerprint density at radius 3 is 2.80 bits per heavy atom. The lowest BCUT2D eigenvalue weighted by atomic mass is 10.1. The van der Waals surface area contributed by atoms with Gasteiger partial charge in [-0.05, 0) is 36.4 Å². The van der Waals surface area contributed by atoms with Crippen molar-refractivity contribution in [2.45, 2.75) is 13.1 Å². The van der Waals surface area contributed by atoms with Gasteiger partial charge in [-0.1, -0.05) is 34.1 Å². The van der Waals surface area contributed by atoms with E-state index in [1.807, 2.05) is 31.3 Å². The second kappa shape index (κ2) is 6.63. The predicted molar refractivity (Wildman–Crippen MR) is 84.6 cm³/mol. The summed E-state index contributed by atoms with van der Waals surface area (Å²) in [6.45, 7) is 1.53. The average molecular weight is 333 g/mol. The molecule has 0 aliphatic carbocycles. The molecule has 0 atom stereocenters. The molecular weight excluding hydrogens is 316 g/mol. The number of pyridine rings is 1. The summed E-state index contributed by atoms with van der Waals surface area (Å²) in [4.78, 5) is 6.34. The van der Waals surface area contributed by atoms with E-state index in [2.05, 4.69) is 37.9 Å². The van der Waals surface area contributed by atoms with Gasteiger partial charge in [0.25, 0.3) is 0 Å². The zero-order valence-corrected chi connectivity index (χ0v) is 12.9. The maximum absolute atomic E-state index is 7.56. The van der Waals surface area contributed by atoms with Gasteiger partial charge in [-0.15, -0.1) is 0 Å². The number of rotatable bonds is 5. The maximum atomic E-state index is 7.56. The summed E-state index contributed by atoms with van der Waals surface area (Å²) in [5.74, 6) is 0.0106. The van der Waals surface area contributed by atoms with Gasteiger partial charge in [0.05, 0.1) is 0 Å². The largest absolute Gasteiger partial charge is 0.382 e. The highest BCUT2D eigenvalue weighted by Gasteiger charge is 2.09. The van der Waals surface area contributed by atoms with Crippen molar-refractivity contribution < 1.29 is 0 Å². The summed E-state index contributed by atoms with van der Waals surface area (Å²) >= 11 is 3.48. The molecule has 3 N–H and O–H groups in total. The lowest BCUT2D eigenvalue weighted by molar-refractivity contribution is 0.318. The first-order valence-corrected chi connectivity index (χ1v) is 7.07. The van der Waals surface area contributed by atoms with Gasteiger partial charge in [-0.25, -0.2) is 0 Å². The Labute approximate surface area is 127 Å². The first-order valence-electron chi connectivity index (χ1n) is 6.27. The highest BCUT2D eigenvalue weighted by molar-refractivity contribution is 9.10. The van der Waals surface area contributed by atoms with E-state index in [-0.39, 0.29) is 5.84 Å². The van der Waals surface area contributed by atoms with E-state index in [0.717, 1.165) is 16.6 Å². The van der Waals surface area contributed by atoms with E-state index >= 15 is 0 Å². The third-order valence-corrected chi connectivity index (χ3v) is 3.42. The average Bonchev–Trinajstić information content (AvgIpc) is 2.38. The molecule has 2 aromatic rings. The molecule has 2 rings (SSSR count). The summed E-state index contributed by atoms with van der Waals surface area (Å²) in [6, 6.07) is 12.1. The van der Waals surface area contributed by atoms with Crippen molar-refractivity contribution in [2.75, 3.05) is 7.05 Å². The van der Waals surface area contributed by atoms with E-state index in [1.54, 1.807) is 6.20 Å². The molecule has 4 nitrogen and oxygen atoms in total. The first kappa shape index (κ1) is 14.7. The molecule has 0 radical (unpaired) electrons. The van der Waals surface area contributed by atoms with Crippen molar-refractivity contribution in [3.63, 3.8) is 0 Å². The minimum Gasteiger partial charge on any atom is -0.382 e. The molecule has 0 aliphatic heterocycles. The standard InChI is InChI=1S/C15H17BrN4/c1-20(9-11-4-2-6-13(16)8-11)10-12-5-3-7-19-14(12)15(17)18/h2-8H,9-10H2,1H3,(H3,17,18). The summed E-state index contributed by atoms with van der Waals surface area (Å²) in [5.41, 5.74) is 8.32. The first-order chi connectivity index (χ1) is 9.56. The molecule has 1 aromatic carbocycles. The van der Waals surface area contributed by atoms with Gasteiger partial charge in [-0.2, -0.15) is 0 Å². The van der Waals surface area contributed by atoms with E-state index in [4.69, 9.17) is 11.1 Å². The number of halogens is 1. The lowest BCUT2D eigenvalue weighted by Crippen LogP contribution is -2.22. The SMILES string of the molecule is CN(Cc1cccc(Br)c1)Cc1cccnc1C(=N)N. The summed E-state index contributed by atoms with van der Waals surface area (Å²) in [6.07, 6.45) is 1.66. The van der Waals surface area contributed by atoms with Crippen molar-refractivity contribution >= 4 is 21.8 Å². The number of amidine groups is 1. The lowest BCUT2D eigenvalue weighted by Gasteiger charge is -2.18. The number of nitrogens with two attached hydrogens (primary N) is 1. The monoisotopic (exact) mass is 332 g/mol. The summed E-state index contributed by atoms with van der Waals surface area (Å²) < 4.78 is 1.08. The van der Waals surface area contributed by atoms with Gasteiger partial charge in [0.15, 0.2) is 0 Å². The van der Waals surface area contributed by atoms with Crippen LogP contribution < -0.4 is 5.73 Å². The Hall–Kier alpha value is -1.72. The Balaban J connectivity index is 2.08. The smallest absolute Gasteiger partial charge is 0.142 e. The number of aromatic nitrogens is 1. The van der Waals surface area contributed by atoms with Crippen molar-refractivity contribution in [3.05, 3.63) is 63.9 Å². The molecule has 0 saturated heterocycles. The Morgan fingerprint density at radius 1 is 1.30 bits per heavy atom. The zero-order chi connectivity index (χ0) is 14.5. The minimum atomic E-state index is 0.0106. The summed E-state index contributed by atoms with van der Waals surface area (Å²) in [7, 11) is 2.04. The molecule has 0 bridgehead atoms. The highest BCUT2D eigenvalue weighted by atomic mass is 79.9. The van der Waals surface area contributed by atoms with Crippen LogP contribution in [0.15, 0.2) is 47.1 Å². The third kappa shape index (κ3) is 3.88. The molecule has 0 aliphatic rings. The molecule has 104 valence electrons. The Kier molecular flexibility index (Phi) is 4.87. The fourth-order valence-corrected chi connectivity index (χ4v) is 2.55. The molecule has 0 spiro atoms. The number of hydrogen-bond acceptors (Lipinski definition) is 3. The van der Waals surface area contributed by atoms with Gasteiger partial charge < -0.3 is 5.73 Å². The van der Waals surface area contributed by atoms with Crippen molar-refractivity contribution in [3.8, 4) is 0 Å². The van der Waals surface area contributed by atoms with E-state index in [9.17, 15) is 0 Å². The highest BCUT2D eigenvalue weighted by Crippen LogP contribution is 2.15. The molecule has 1 heterocycles. The van der Waals surface area contributed by atoms with Gasteiger partial charge in [0, 0.05) is 23.8 Å². The fourth-order valence-electron chi connectivity index (χ4n) is 2.10.